The number of piperazine rings is 1. The molecule has 0 atom stereocenters. The van der Waals surface area contributed by atoms with E-state index in [9.17, 15) is 14.4 Å². The highest BCUT2D eigenvalue weighted by Crippen LogP contribution is 2.30. The van der Waals surface area contributed by atoms with Crippen LogP contribution in [0.1, 0.15) is 27.6 Å². The van der Waals surface area contributed by atoms with E-state index in [0.29, 0.717) is 18.7 Å². The summed E-state index contributed by atoms with van der Waals surface area (Å²) in [7, 11) is 1.99. The second-order valence-electron chi connectivity index (χ2n) is 5.69. The fourth-order valence-electron chi connectivity index (χ4n) is 2.67. The van der Waals surface area contributed by atoms with Crippen LogP contribution in [0.15, 0.2) is 16.5 Å². The normalized spacial score (nSPS) is 15.7. The molecule has 0 saturated carbocycles. The summed E-state index contributed by atoms with van der Waals surface area (Å²) in [6, 6.07) is 3.26. The highest BCUT2D eigenvalue weighted by Gasteiger charge is 2.32. The summed E-state index contributed by atoms with van der Waals surface area (Å²) in [4.78, 5) is 39.6. The number of nitrogens with zero attached hydrogens (tertiary/aromatic N) is 2. The summed E-state index contributed by atoms with van der Waals surface area (Å²) in [5, 5.41) is 0. The van der Waals surface area contributed by atoms with E-state index in [1.165, 1.54) is 6.92 Å². The molecular formula is C16H18N2O6. The Bertz CT molecular complexity index is 759. The van der Waals surface area contributed by atoms with Gasteiger partial charge in [0.1, 0.15) is 22.3 Å². The van der Waals surface area contributed by atoms with Crippen molar-refractivity contribution in [3.63, 3.8) is 0 Å². The van der Waals surface area contributed by atoms with Crippen molar-refractivity contribution in [2.75, 3.05) is 40.0 Å². The second kappa shape index (κ2) is 6.48. The largest absolute Gasteiger partial charge is 0.456 e. The van der Waals surface area contributed by atoms with Crippen LogP contribution in [0.5, 0.6) is 0 Å². The topological polar surface area (TPSA) is 89.3 Å². The first kappa shape index (κ1) is 16.3. The van der Waals surface area contributed by atoms with Crippen molar-refractivity contribution >= 4 is 29.0 Å². The smallest absolute Gasteiger partial charge is 0.345 e. The molecule has 1 aliphatic heterocycles. The Kier molecular flexibility index (Phi) is 4.39. The van der Waals surface area contributed by atoms with Gasteiger partial charge in [0.2, 0.25) is 6.79 Å². The lowest BCUT2D eigenvalue weighted by atomic mass is 10.1. The van der Waals surface area contributed by atoms with Crippen LogP contribution in [0.4, 0.5) is 0 Å². The first-order valence-electron chi connectivity index (χ1n) is 7.60. The zero-order valence-corrected chi connectivity index (χ0v) is 13.5. The molecule has 2 aromatic rings. The zero-order chi connectivity index (χ0) is 17.3. The summed E-state index contributed by atoms with van der Waals surface area (Å²) in [5.41, 5.74) is 0.942. The molecule has 0 unspecified atom stereocenters. The van der Waals surface area contributed by atoms with Gasteiger partial charge in [-0.1, -0.05) is 0 Å². The van der Waals surface area contributed by atoms with Crippen molar-refractivity contribution in [1.82, 2.24) is 9.80 Å². The van der Waals surface area contributed by atoms with Crippen LogP contribution in [0.2, 0.25) is 0 Å². The van der Waals surface area contributed by atoms with E-state index < -0.39 is 18.7 Å². The molecule has 0 spiro atoms. The number of esters is 2. The monoisotopic (exact) mass is 334 g/mol. The minimum absolute atomic E-state index is 0.0866. The molecule has 1 saturated heterocycles. The summed E-state index contributed by atoms with van der Waals surface area (Å²) >= 11 is 0. The van der Waals surface area contributed by atoms with Crippen LogP contribution >= 0.6 is 0 Å². The summed E-state index contributed by atoms with van der Waals surface area (Å²) in [6.07, 6.45) is 0. The van der Waals surface area contributed by atoms with Crippen LogP contribution in [0.3, 0.4) is 0 Å². The number of rotatable bonds is 4. The van der Waals surface area contributed by atoms with Crippen LogP contribution in [-0.2, 0) is 14.3 Å². The van der Waals surface area contributed by atoms with Gasteiger partial charge in [-0.05, 0) is 19.2 Å². The molecule has 1 amide bonds. The fraction of sp³-hybridized carbons (Fsp3) is 0.438. The Hall–Kier alpha value is -2.61. The number of ether oxygens (including phenoxy) is 2. The van der Waals surface area contributed by atoms with Crippen molar-refractivity contribution in [2.24, 2.45) is 0 Å². The number of carbonyl (C=O) groups excluding carboxylic acids is 3. The van der Waals surface area contributed by atoms with E-state index in [-0.39, 0.29) is 22.6 Å². The molecule has 2 aromatic heterocycles. The van der Waals surface area contributed by atoms with Crippen molar-refractivity contribution in [3.8, 4) is 0 Å². The lowest BCUT2D eigenvalue weighted by molar-refractivity contribution is -0.149. The molecule has 0 aromatic carbocycles. The van der Waals surface area contributed by atoms with Gasteiger partial charge in [-0.2, -0.15) is 0 Å². The highest BCUT2D eigenvalue weighted by atomic mass is 16.7. The summed E-state index contributed by atoms with van der Waals surface area (Å²) in [5.74, 6) is -1.56. The molecule has 1 fully saturated rings. The first-order valence-corrected chi connectivity index (χ1v) is 7.60. The van der Waals surface area contributed by atoms with Crippen molar-refractivity contribution in [3.05, 3.63) is 23.3 Å². The van der Waals surface area contributed by atoms with Crippen molar-refractivity contribution < 1.29 is 28.3 Å². The molecule has 2 bridgehead atoms. The maximum Gasteiger partial charge on any atom is 0.345 e. The molecule has 3 heterocycles. The number of carbonyl (C=O) groups is 3. The number of benzene rings is 1. The maximum atomic E-state index is 12.8. The molecule has 3 rings (SSSR count). The van der Waals surface area contributed by atoms with Gasteiger partial charge >= 0.3 is 11.9 Å². The lowest BCUT2D eigenvalue weighted by Crippen LogP contribution is -2.47. The summed E-state index contributed by atoms with van der Waals surface area (Å²) < 4.78 is 15.0. The van der Waals surface area contributed by atoms with Crippen LogP contribution in [0, 0.1) is 0 Å². The number of hydrogen-bond acceptors (Lipinski definition) is 7. The van der Waals surface area contributed by atoms with E-state index in [4.69, 9.17) is 9.15 Å². The molecule has 1 aliphatic rings. The minimum Gasteiger partial charge on any atom is -0.456 e. The maximum absolute atomic E-state index is 12.8. The molecule has 0 radical (unpaired) electrons. The lowest BCUT2D eigenvalue weighted by Gasteiger charge is -2.32. The molecule has 8 heteroatoms. The van der Waals surface area contributed by atoms with Crippen LogP contribution < -0.4 is 0 Å². The predicted octanol–water partition coefficient (Wildman–Crippen LogP) is 0.936. The Morgan fingerprint density at radius 3 is 2.29 bits per heavy atom. The Balaban J connectivity index is 1.80. The molecule has 0 aliphatic carbocycles. The minimum atomic E-state index is -0.747. The van der Waals surface area contributed by atoms with E-state index in [1.807, 2.05) is 7.05 Å². The third-order valence-electron chi connectivity index (χ3n) is 4.01. The Morgan fingerprint density at radius 2 is 1.67 bits per heavy atom. The van der Waals surface area contributed by atoms with Crippen molar-refractivity contribution in [2.45, 2.75) is 6.92 Å². The Labute approximate surface area is 138 Å². The molecule has 24 heavy (non-hydrogen) atoms. The van der Waals surface area contributed by atoms with Gasteiger partial charge < -0.3 is 23.7 Å². The number of hydrogen-bond donors (Lipinski definition) is 0. The van der Waals surface area contributed by atoms with Gasteiger partial charge in [0.05, 0.1) is 0 Å². The number of likely N-dealkylation sites (N-methyl/N-ethyl adjacent to an activating group) is 1. The molecule has 0 N–H and O–H groups in total. The second-order valence-corrected chi connectivity index (χ2v) is 5.69. The van der Waals surface area contributed by atoms with Gasteiger partial charge in [-0.3, -0.25) is 9.59 Å². The average Bonchev–Trinajstić information content (AvgIpc) is 3.15. The third kappa shape index (κ3) is 3.05. The SMILES string of the molecule is CC(=O)OCOC(=O)c1c(C(=O)N2CCN(C)CC2)c2ccc1o2. The Morgan fingerprint density at radius 1 is 1.04 bits per heavy atom. The van der Waals surface area contributed by atoms with Gasteiger partial charge in [-0.15, -0.1) is 0 Å². The number of fused-ring (bicyclic) bond motifs is 2. The van der Waals surface area contributed by atoms with E-state index in [2.05, 4.69) is 9.64 Å². The van der Waals surface area contributed by atoms with Crippen LogP contribution in [0.25, 0.3) is 11.2 Å². The van der Waals surface area contributed by atoms with E-state index in [1.54, 1.807) is 17.0 Å². The predicted molar refractivity (Wildman–Crippen MR) is 82.8 cm³/mol. The fourth-order valence-corrected chi connectivity index (χ4v) is 2.67. The summed E-state index contributed by atoms with van der Waals surface area (Å²) in [6.45, 7) is 3.42. The number of amides is 1. The van der Waals surface area contributed by atoms with E-state index >= 15 is 0 Å². The van der Waals surface area contributed by atoms with Gasteiger partial charge in [-0.25, -0.2) is 4.79 Å². The molecule has 128 valence electrons. The van der Waals surface area contributed by atoms with Gasteiger partial charge in [0, 0.05) is 33.1 Å². The van der Waals surface area contributed by atoms with Crippen LogP contribution in [-0.4, -0.2) is 67.7 Å². The quantitative estimate of drug-likeness (QED) is 0.607. The highest BCUT2D eigenvalue weighted by molar-refractivity contribution is 6.14. The van der Waals surface area contributed by atoms with Gasteiger partial charge in [0.15, 0.2) is 0 Å². The van der Waals surface area contributed by atoms with Gasteiger partial charge in [0.25, 0.3) is 5.91 Å². The molecular weight excluding hydrogens is 316 g/mol. The van der Waals surface area contributed by atoms with Crippen molar-refractivity contribution in [1.29, 1.82) is 0 Å². The average molecular weight is 334 g/mol. The molecule has 8 nitrogen and oxygen atoms in total. The standard InChI is InChI=1S/C16H18N2O6/c1-10(19)22-9-23-16(21)14-12-4-3-11(24-12)13(14)15(20)18-7-5-17(2)6-8-18/h3-4H,5-9H2,1-2H3. The zero-order valence-electron chi connectivity index (χ0n) is 13.5. The van der Waals surface area contributed by atoms with E-state index in [0.717, 1.165) is 13.1 Å². The first-order chi connectivity index (χ1) is 11.5. The third-order valence-corrected chi connectivity index (χ3v) is 4.01. The number of furan rings is 2.